The van der Waals surface area contributed by atoms with E-state index < -0.39 is 6.17 Å². The van der Waals surface area contributed by atoms with Gasteiger partial charge < -0.3 is 5.32 Å². The van der Waals surface area contributed by atoms with E-state index in [0.29, 0.717) is 0 Å². The van der Waals surface area contributed by atoms with Gasteiger partial charge >= 0.3 is 0 Å². The average molecular weight is 171 g/mol. The third-order valence-electron chi connectivity index (χ3n) is 3.46. The average Bonchev–Trinajstić information content (AvgIpc) is 2.12. The Labute approximate surface area is 73.7 Å². The highest BCUT2D eigenvalue weighted by Gasteiger charge is 2.41. The molecule has 1 N–H and O–H groups in total. The molecule has 12 heavy (non-hydrogen) atoms. The Morgan fingerprint density at radius 3 is 2.50 bits per heavy atom. The summed E-state index contributed by atoms with van der Waals surface area (Å²) in [4.78, 5) is 0. The van der Waals surface area contributed by atoms with E-state index in [1.54, 1.807) is 0 Å². The first-order chi connectivity index (χ1) is 5.83. The molecule has 2 heteroatoms. The van der Waals surface area contributed by atoms with E-state index in [1.165, 1.54) is 19.3 Å². The molecule has 2 aliphatic rings. The van der Waals surface area contributed by atoms with Gasteiger partial charge in [0.1, 0.15) is 6.17 Å². The Bertz CT molecular complexity index is 144. The van der Waals surface area contributed by atoms with Crippen molar-refractivity contribution < 1.29 is 4.39 Å². The van der Waals surface area contributed by atoms with E-state index >= 15 is 0 Å². The van der Waals surface area contributed by atoms with Crippen molar-refractivity contribution in [3.05, 3.63) is 0 Å². The molecule has 0 radical (unpaired) electrons. The predicted octanol–water partition coefficient (Wildman–Crippen LogP) is 2.41. The van der Waals surface area contributed by atoms with Crippen LogP contribution in [-0.2, 0) is 0 Å². The highest BCUT2D eigenvalue weighted by molar-refractivity contribution is 4.99. The fourth-order valence-corrected chi connectivity index (χ4v) is 2.68. The number of hydrogen-bond donors (Lipinski definition) is 1. The van der Waals surface area contributed by atoms with Crippen LogP contribution in [0.3, 0.4) is 0 Å². The van der Waals surface area contributed by atoms with Gasteiger partial charge in [0, 0.05) is 5.54 Å². The van der Waals surface area contributed by atoms with Crippen LogP contribution in [0.5, 0.6) is 0 Å². The van der Waals surface area contributed by atoms with Crippen molar-refractivity contribution in [2.75, 3.05) is 6.54 Å². The minimum atomic E-state index is -0.577. The zero-order valence-electron chi connectivity index (χ0n) is 7.61. The molecule has 0 aromatic carbocycles. The Hall–Kier alpha value is -0.110. The molecule has 2 fully saturated rings. The van der Waals surface area contributed by atoms with E-state index in [2.05, 4.69) is 5.32 Å². The number of piperidine rings is 1. The maximum Gasteiger partial charge on any atom is 0.118 e. The van der Waals surface area contributed by atoms with Gasteiger partial charge in [-0.05, 0) is 32.2 Å². The molecule has 1 spiro atoms. The van der Waals surface area contributed by atoms with Gasteiger partial charge in [-0.3, -0.25) is 0 Å². The summed E-state index contributed by atoms with van der Waals surface area (Å²) >= 11 is 0. The van der Waals surface area contributed by atoms with Crippen LogP contribution in [0.25, 0.3) is 0 Å². The molecule has 0 bridgehead atoms. The summed E-state index contributed by atoms with van der Waals surface area (Å²) in [6, 6.07) is 0. The maximum absolute atomic E-state index is 13.7. The first kappa shape index (κ1) is 8.49. The summed E-state index contributed by atoms with van der Waals surface area (Å²) in [5.41, 5.74) is -0.101. The van der Waals surface area contributed by atoms with Gasteiger partial charge in [-0.2, -0.15) is 0 Å². The van der Waals surface area contributed by atoms with Crippen LogP contribution in [0.4, 0.5) is 4.39 Å². The first-order valence-corrected chi connectivity index (χ1v) is 5.23. The third-order valence-corrected chi connectivity index (χ3v) is 3.46. The molecule has 1 saturated heterocycles. The molecule has 1 heterocycles. The molecule has 0 amide bonds. The fourth-order valence-electron chi connectivity index (χ4n) is 2.68. The Morgan fingerprint density at radius 1 is 1.08 bits per heavy atom. The molecule has 1 atom stereocenters. The van der Waals surface area contributed by atoms with Gasteiger partial charge in [0.25, 0.3) is 0 Å². The summed E-state index contributed by atoms with van der Waals surface area (Å²) in [6.45, 7) is 1.03. The van der Waals surface area contributed by atoms with Crippen LogP contribution in [0.2, 0.25) is 0 Å². The maximum atomic E-state index is 13.7. The molecule has 1 nitrogen and oxygen atoms in total. The van der Waals surface area contributed by atoms with Crippen molar-refractivity contribution in [3.63, 3.8) is 0 Å². The monoisotopic (exact) mass is 171 g/mol. The second-order valence-corrected chi connectivity index (χ2v) is 4.25. The van der Waals surface area contributed by atoms with E-state index in [1.807, 2.05) is 0 Å². The van der Waals surface area contributed by atoms with Crippen molar-refractivity contribution >= 4 is 0 Å². The lowest BCUT2D eigenvalue weighted by Crippen LogP contribution is -2.57. The Balaban J connectivity index is 2.04. The van der Waals surface area contributed by atoms with Crippen LogP contribution in [-0.4, -0.2) is 18.3 Å². The largest absolute Gasteiger partial charge is 0.309 e. The first-order valence-electron chi connectivity index (χ1n) is 5.23. The van der Waals surface area contributed by atoms with Crippen LogP contribution in [0, 0.1) is 0 Å². The van der Waals surface area contributed by atoms with Crippen LogP contribution >= 0.6 is 0 Å². The van der Waals surface area contributed by atoms with Crippen molar-refractivity contribution in [2.45, 2.75) is 56.7 Å². The Morgan fingerprint density at radius 2 is 1.83 bits per heavy atom. The molecule has 1 aliphatic heterocycles. The van der Waals surface area contributed by atoms with Gasteiger partial charge in [0.15, 0.2) is 0 Å². The number of halogens is 1. The lowest BCUT2D eigenvalue weighted by Gasteiger charge is -2.43. The molecule has 2 rings (SSSR count). The molecule has 70 valence electrons. The smallest absolute Gasteiger partial charge is 0.118 e. The highest BCUT2D eigenvalue weighted by atomic mass is 19.1. The minimum Gasteiger partial charge on any atom is -0.309 e. The van der Waals surface area contributed by atoms with Gasteiger partial charge in [0.2, 0.25) is 0 Å². The van der Waals surface area contributed by atoms with E-state index in [-0.39, 0.29) is 5.54 Å². The van der Waals surface area contributed by atoms with E-state index in [9.17, 15) is 4.39 Å². The van der Waals surface area contributed by atoms with Gasteiger partial charge in [-0.25, -0.2) is 4.39 Å². The van der Waals surface area contributed by atoms with Gasteiger partial charge in [-0.1, -0.05) is 19.3 Å². The molecular weight excluding hydrogens is 153 g/mol. The second-order valence-electron chi connectivity index (χ2n) is 4.25. The number of rotatable bonds is 0. The minimum absolute atomic E-state index is 0.101. The third kappa shape index (κ3) is 1.37. The van der Waals surface area contributed by atoms with Gasteiger partial charge in [-0.15, -0.1) is 0 Å². The van der Waals surface area contributed by atoms with Crippen molar-refractivity contribution in [1.29, 1.82) is 0 Å². The van der Waals surface area contributed by atoms with Crippen LogP contribution in [0.15, 0.2) is 0 Å². The summed E-state index contributed by atoms with van der Waals surface area (Å²) in [7, 11) is 0. The van der Waals surface area contributed by atoms with Crippen LogP contribution in [0.1, 0.15) is 44.9 Å². The molecular formula is C10H18FN. The molecule has 1 unspecified atom stereocenters. The molecule has 1 saturated carbocycles. The summed E-state index contributed by atoms with van der Waals surface area (Å²) in [5, 5.41) is 3.41. The quantitative estimate of drug-likeness (QED) is 0.590. The summed E-state index contributed by atoms with van der Waals surface area (Å²) in [5.74, 6) is 0. The lowest BCUT2D eigenvalue weighted by molar-refractivity contribution is 0.0720. The normalized spacial score (nSPS) is 35.2. The number of hydrogen-bond acceptors (Lipinski definition) is 1. The zero-order valence-corrected chi connectivity index (χ0v) is 7.61. The fraction of sp³-hybridized carbons (Fsp3) is 1.00. The van der Waals surface area contributed by atoms with Crippen molar-refractivity contribution in [3.8, 4) is 0 Å². The number of nitrogens with one attached hydrogen (secondary N) is 1. The molecule has 0 aromatic heterocycles. The van der Waals surface area contributed by atoms with Crippen molar-refractivity contribution in [1.82, 2.24) is 5.32 Å². The summed E-state index contributed by atoms with van der Waals surface area (Å²) in [6.07, 6.45) is 7.08. The molecule has 1 aliphatic carbocycles. The highest BCUT2D eigenvalue weighted by Crippen LogP contribution is 2.36. The van der Waals surface area contributed by atoms with E-state index in [4.69, 9.17) is 0 Å². The second kappa shape index (κ2) is 3.33. The van der Waals surface area contributed by atoms with Crippen molar-refractivity contribution in [2.24, 2.45) is 0 Å². The van der Waals surface area contributed by atoms with Crippen LogP contribution < -0.4 is 5.32 Å². The zero-order chi connectivity index (χ0) is 8.44. The predicted molar refractivity (Wildman–Crippen MR) is 47.9 cm³/mol. The Kier molecular flexibility index (Phi) is 2.35. The topological polar surface area (TPSA) is 12.0 Å². The lowest BCUT2D eigenvalue weighted by atomic mass is 9.75. The standard InChI is InChI=1S/C10H18FN/c11-9-5-4-8-12-10(9)6-2-1-3-7-10/h9,12H,1-8H2. The van der Waals surface area contributed by atoms with E-state index in [0.717, 1.165) is 32.2 Å². The summed E-state index contributed by atoms with van der Waals surface area (Å²) < 4.78 is 13.7. The molecule has 0 aromatic rings. The number of alkyl halides is 1. The SMILES string of the molecule is FC1CCCNC12CCCCC2. The van der Waals surface area contributed by atoms with Gasteiger partial charge in [0.05, 0.1) is 0 Å².